The fraction of sp³-hybridized carbons (Fsp3) is 0.250. The summed E-state index contributed by atoms with van der Waals surface area (Å²) in [6.45, 7) is 0. The third-order valence-electron chi connectivity index (χ3n) is 1.71. The van der Waals surface area contributed by atoms with Crippen molar-refractivity contribution in [2.75, 3.05) is 7.11 Å². The molecule has 0 spiro atoms. The SMILES string of the molecule is COc1c(F)c(F)c(F)c(F)c1C(F)(F)F. The highest BCUT2D eigenvalue weighted by Gasteiger charge is 2.42. The Morgan fingerprint density at radius 3 is 1.62 bits per heavy atom. The lowest BCUT2D eigenvalue weighted by Gasteiger charge is -2.14. The average Bonchev–Trinajstić information content (AvgIpc) is 2.18. The molecule has 1 nitrogen and oxygen atoms in total. The molecule has 0 amide bonds. The summed E-state index contributed by atoms with van der Waals surface area (Å²) in [5, 5.41) is 0. The standard InChI is InChI=1S/C8H3F7O/c1-16-7-2(8(13,14)15)3(9)4(10)5(11)6(7)12/h1H3. The van der Waals surface area contributed by atoms with E-state index in [0.717, 1.165) is 0 Å². The summed E-state index contributed by atoms with van der Waals surface area (Å²) in [5.41, 5.74) is -2.31. The number of benzene rings is 1. The first kappa shape index (κ1) is 12.6. The van der Waals surface area contributed by atoms with Gasteiger partial charge in [0.1, 0.15) is 5.56 Å². The normalized spacial score (nSPS) is 11.8. The van der Waals surface area contributed by atoms with Crippen LogP contribution in [0.15, 0.2) is 0 Å². The Kier molecular flexibility index (Phi) is 3.02. The first-order valence-corrected chi connectivity index (χ1v) is 3.69. The van der Waals surface area contributed by atoms with Crippen molar-refractivity contribution in [1.82, 2.24) is 0 Å². The van der Waals surface area contributed by atoms with Crippen LogP contribution >= 0.6 is 0 Å². The Morgan fingerprint density at radius 2 is 1.25 bits per heavy atom. The predicted molar refractivity (Wildman–Crippen MR) is 37.8 cm³/mol. The van der Waals surface area contributed by atoms with Crippen molar-refractivity contribution in [1.29, 1.82) is 0 Å². The van der Waals surface area contributed by atoms with Crippen LogP contribution in [0.2, 0.25) is 0 Å². The van der Waals surface area contributed by atoms with Crippen molar-refractivity contribution in [2.45, 2.75) is 6.18 Å². The van der Waals surface area contributed by atoms with Gasteiger partial charge in [-0.15, -0.1) is 0 Å². The second kappa shape index (κ2) is 3.84. The summed E-state index contributed by atoms with van der Waals surface area (Å²) in [4.78, 5) is 0. The van der Waals surface area contributed by atoms with Crippen molar-refractivity contribution in [3.8, 4) is 5.75 Å². The third kappa shape index (κ3) is 1.79. The van der Waals surface area contributed by atoms with Crippen molar-refractivity contribution in [3.05, 3.63) is 28.8 Å². The number of alkyl halides is 3. The molecule has 0 aliphatic carbocycles. The fourth-order valence-electron chi connectivity index (χ4n) is 1.06. The van der Waals surface area contributed by atoms with Crippen LogP contribution in [-0.2, 0) is 6.18 Å². The van der Waals surface area contributed by atoms with Gasteiger partial charge >= 0.3 is 6.18 Å². The molecule has 0 saturated carbocycles. The van der Waals surface area contributed by atoms with Crippen molar-refractivity contribution >= 4 is 0 Å². The lowest BCUT2D eigenvalue weighted by atomic mass is 10.1. The van der Waals surface area contributed by atoms with Gasteiger partial charge in [-0.05, 0) is 0 Å². The zero-order chi connectivity index (χ0) is 12.7. The summed E-state index contributed by atoms with van der Waals surface area (Å²) >= 11 is 0. The monoisotopic (exact) mass is 248 g/mol. The largest absolute Gasteiger partial charge is 0.493 e. The molecule has 0 heterocycles. The Balaban J connectivity index is 3.72. The van der Waals surface area contributed by atoms with Gasteiger partial charge in [0.2, 0.25) is 11.6 Å². The van der Waals surface area contributed by atoms with Gasteiger partial charge in [0.05, 0.1) is 7.11 Å². The lowest BCUT2D eigenvalue weighted by Crippen LogP contribution is -2.15. The van der Waals surface area contributed by atoms with Crippen LogP contribution in [0.1, 0.15) is 5.56 Å². The molecule has 1 aromatic carbocycles. The van der Waals surface area contributed by atoms with Gasteiger partial charge in [0.15, 0.2) is 17.4 Å². The minimum Gasteiger partial charge on any atom is -0.493 e. The van der Waals surface area contributed by atoms with Gasteiger partial charge in [0.25, 0.3) is 0 Å². The molecule has 16 heavy (non-hydrogen) atoms. The van der Waals surface area contributed by atoms with E-state index < -0.39 is 40.8 Å². The molecule has 8 heteroatoms. The summed E-state index contributed by atoms with van der Waals surface area (Å²) in [5.74, 6) is -11.4. The molecule has 0 fully saturated rings. The quantitative estimate of drug-likeness (QED) is 0.421. The fourth-order valence-corrected chi connectivity index (χ4v) is 1.06. The number of hydrogen-bond acceptors (Lipinski definition) is 1. The smallest absolute Gasteiger partial charge is 0.423 e. The van der Waals surface area contributed by atoms with E-state index in [4.69, 9.17) is 0 Å². The first-order valence-electron chi connectivity index (χ1n) is 3.69. The average molecular weight is 248 g/mol. The van der Waals surface area contributed by atoms with E-state index in [2.05, 4.69) is 4.74 Å². The molecule has 0 aliphatic rings. The molecular formula is C8H3F7O. The number of methoxy groups -OCH3 is 1. The van der Waals surface area contributed by atoms with Crippen molar-refractivity contribution in [2.24, 2.45) is 0 Å². The zero-order valence-corrected chi connectivity index (χ0v) is 7.55. The molecule has 0 N–H and O–H groups in total. The second-order valence-corrected chi connectivity index (χ2v) is 2.66. The van der Waals surface area contributed by atoms with Gasteiger partial charge < -0.3 is 4.74 Å². The zero-order valence-electron chi connectivity index (χ0n) is 7.55. The Hall–Kier alpha value is -1.47. The summed E-state index contributed by atoms with van der Waals surface area (Å²) in [6, 6.07) is 0. The van der Waals surface area contributed by atoms with Crippen LogP contribution in [0.3, 0.4) is 0 Å². The minimum absolute atomic E-state index is 0.574. The summed E-state index contributed by atoms with van der Waals surface area (Å²) < 4.78 is 91.3. The second-order valence-electron chi connectivity index (χ2n) is 2.66. The van der Waals surface area contributed by atoms with E-state index in [1.165, 1.54) is 0 Å². The number of rotatable bonds is 1. The van der Waals surface area contributed by atoms with E-state index >= 15 is 0 Å². The molecule has 0 saturated heterocycles. The molecule has 0 bridgehead atoms. The van der Waals surface area contributed by atoms with E-state index in [0.29, 0.717) is 7.11 Å². The highest BCUT2D eigenvalue weighted by atomic mass is 19.4. The molecule has 90 valence electrons. The van der Waals surface area contributed by atoms with Crippen LogP contribution in [0.25, 0.3) is 0 Å². The number of ether oxygens (including phenoxy) is 1. The third-order valence-corrected chi connectivity index (χ3v) is 1.71. The first-order chi connectivity index (χ1) is 7.21. The van der Waals surface area contributed by atoms with Crippen LogP contribution in [0.5, 0.6) is 5.75 Å². The molecule has 0 unspecified atom stereocenters. The van der Waals surface area contributed by atoms with Gasteiger partial charge in [-0.25, -0.2) is 13.2 Å². The van der Waals surface area contributed by atoms with Crippen LogP contribution < -0.4 is 4.74 Å². The van der Waals surface area contributed by atoms with Crippen molar-refractivity contribution in [3.63, 3.8) is 0 Å². The molecule has 1 rings (SSSR count). The van der Waals surface area contributed by atoms with Crippen LogP contribution in [-0.4, -0.2) is 7.11 Å². The van der Waals surface area contributed by atoms with E-state index in [-0.39, 0.29) is 0 Å². The maximum Gasteiger partial charge on any atom is 0.423 e. The maximum absolute atomic E-state index is 12.8. The summed E-state index contributed by atoms with van der Waals surface area (Å²) in [7, 11) is 0.574. The van der Waals surface area contributed by atoms with Crippen molar-refractivity contribution < 1.29 is 35.5 Å². The van der Waals surface area contributed by atoms with Crippen LogP contribution in [0.4, 0.5) is 30.7 Å². The molecule has 0 radical (unpaired) electrons. The van der Waals surface area contributed by atoms with E-state index in [9.17, 15) is 30.7 Å². The predicted octanol–water partition coefficient (Wildman–Crippen LogP) is 3.27. The highest BCUT2D eigenvalue weighted by molar-refractivity contribution is 5.39. The molecule has 0 aliphatic heterocycles. The molecule has 1 aromatic rings. The molecule has 0 atom stereocenters. The van der Waals surface area contributed by atoms with Gasteiger partial charge in [-0.3, -0.25) is 0 Å². The van der Waals surface area contributed by atoms with E-state index in [1.54, 1.807) is 0 Å². The Morgan fingerprint density at radius 1 is 0.812 bits per heavy atom. The number of halogens is 7. The minimum atomic E-state index is -5.40. The van der Waals surface area contributed by atoms with Gasteiger partial charge in [-0.2, -0.15) is 17.6 Å². The maximum atomic E-state index is 12.8. The lowest BCUT2D eigenvalue weighted by molar-refractivity contribution is -0.141. The topological polar surface area (TPSA) is 9.23 Å². The van der Waals surface area contributed by atoms with Crippen LogP contribution in [0, 0.1) is 23.3 Å². The van der Waals surface area contributed by atoms with Gasteiger partial charge in [0, 0.05) is 0 Å². The van der Waals surface area contributed by atoms with Gasteiger partial charge in [-0.1, -0.05) is 0 Å². The Labute approximate surface area is 84.4 Å². The molecular weight excluding hydrogens is 245 g/mol. The number of hydrogen-bond donors (Lipinski definition) is 0. The van der Waals surface area contributed by atoms with E-state index in [1.807, 2.05) is 0 Å². The molecule has 0 aromatic heterocycles. The highest BCUT2D eigenvalue weighted by Crippen LogP contribution is 2.41. The Bertz CT molecular complexity index is 424. The summed E-state index contributed by atoms with van der Waals surface area (Å²) in [6.07, 6.45) is -5.40.